The van der Waals surface area contributed by atoms with Gasteiger partial charge < -0.3 is 10.0 Å². The fourth-order valence-electron chi connectivity index (χ4n) is 2.36. The van der Waals surface area contributed by atoms with Gasteiger partial charge in [-0.1, -0.05) is 11.6 Å². The zero-order valence-corrected chi connectivity index (χ0v) is 13.7. The molecule has 0 atom stereocenters. The van der Waals surface area contributed by atoms with E-state index in [2.05, 4.69) is 0 Å². The van der Waals surface area contributed by atoms with Crippen molar-refractivity contribution in [3.05, 3.63) is 33.3 Å². The Kier molecular flexibility index (Phi) is 5.84. The Morgan fingerprint density at radius 3 is 2.61 bits per heavy atom. The molecule has 1 heterocycles. The second kappa shape index (κ2) is 7.65. The van der Waals surface area contributed by atoms with Crippen LogP contribution in [0.3, 0.4) is 0 Å². The second-order valence-corrected chi connectivity index (χ2v) is 6.60. The highest BCUT2D eigenvalue weighted by Crippen LogP contribution is 2.32. The quantitative estimate of drug-likeness (QED) is 0.493. The first-order valence-corrected chi connectivity index (χ1v) is 8.32. The largest absolute Gasteiger partial charge is 0.481 e. The Bertz CT molecular complexity index is 632. The van der Waals surface area contributed by atoms with E-state index in [1.54, 1.807) is 11.0 Å². The van der Waals surface area contributed by atoms with Crippen molar-refractivity contribution in [2.45, 2.75) is 17.7 Å². The highest BCUT2D eigenvalue weighted by atomic mass is 35.5. The molecule has 0 radical (unpaired) electrons. The number of piperidine rings is 1. The molecule has 1 amide bonds. The number of carbonyl (C=O) groups excluding carboxylic acids is 1. The van der Waals surface area contributed by atoms with Crippen LogP contribution in [0.4, 0.5) is 5.69 Å². The number of carboxylic acids is 1. The first-order chi connectivity index (χ1) is 10.9. The molecule has 1 aliphatic heterocycles. The predicted molar refractivity (Wildman–Crippen MR) is 85.8 cm³/mol. The van der Waals surface area contributed by atoms with E-state index < -0.39 is 16.8 Å². The van der Waals surface area contributed by atoms with E-state index >= 15 is 0 Å². The number of thioether (sulfide) groups is 1. The summed E-state index contributed by atoms with van der Waals surface area (Å²) < 4.78 is 0. The molecule has 124 valence electrons. The molecule has 1 aliphatic rings. The monoisotopic (exact) mass is 358 g/mol. The lowest BCUT2D eigenvalue weighted by Crippen LogP contribution is -2.41. The molecule has 1 N–H and O–H groups in total. The first kappa shape index (κ1) is 17.6. The van der Waals surface area contributed by atoms with Crippen LogP contribution in [-0.4, -0.2) is 45.6 Å². The van der Waals surface area contributed by atoms with E-state index in [9.17, 15) is 19.7 Å². The summed E-state index contributed by atoms with van der Waals surface area (Å²) in [6.45, 7) is 0.804. The van der Waals surface area contributed by atoms with Crippen LogP contribution in [0, 0.1) is 16.0 Å². The molecule has 0 bridgehead atoms. The number of aliphatic carboxylic acids is 1. The summed E-state index contributed by atoms with van der Waals surface area (Å²) in [5, 5.41) is 20.2. The number of halogens is 1. The number of hydrogen-bond donors (Lipinski definition) is 1. The Morgan fingerprint density at radius 1 is 1.39 bits per heavy atom. The zero-order valence-electron chi connectivity index (χ0n) is 12.1. The molecule has 9 heteroatoms. The van der Waals surface area contributed by atoms with Crippen LogP contribution < -0.4 is 0 Å². The number of amides is 1. The number of nitrogens with zero attached hydrogens (tertiary/aromatic N) is 2. The van der Waals surface area contributed by atoms with Crippen molar-refractivity contribution in [3.8, 4) is 0 Å². The molecule has 0 aromatic heterocycles. The minimum Gasteiger partial charge on any atom is -0.481 e. The van der Waals surface area contributed by atoms with Gasteiger partial charge in [0.25, 0.3) is 5.69 Å². The molecule has 0 saturated carbocycles. The Labute approximate surface area is 141 Å². The van der Waals surface area contributed by atoms with Crippen molar-refractivity contribution in [2.24, 2.45) is 5.92 Å². The third-order valence-corrected chi connectivity index (χ3v) is 4.95. The number of benzene rings is 1. The van der Waals surface area contributed by atoms with Gasteiger partial charge in [-0.3, -0.25) is 19.7 Å². The minimum atomic E-state index is -0.830. The number of carboxylic acid groups (broad SMARTS) is 1. The molecular formula is C14H15ClN2O5S. The van der Waals surface area contributed by atoms with Crippen LogP contribution in [0.2, 0.25) is 5.02 Å². The Balaban J connectivity index is 1.93. The maximum absolute atomic E-state index is 12.2. The lowest BCUT2D eigenvalue weighted by atomic mass is 9.97. The highest BCUT2D eigenvalue weighted by molar-refractivity contribution is 8.00. The lowest BCUT2D eigenvalue weighted by molar-refractivity contribution is -0.387. The van der Waals surface area contributed by atoms with Crippen LogP contribution in [0.15, 0.2) is 23.1 Å². The van der Waals surface area contributed by atoms with Gasteiger partial charge in [0.1, 0.15) is 0 Å². The van der Waals surface area contributed by atoms with Gasteiger partial charge in [0.2, 0.25) is 5.91 Å². The Hall–Kier alpha value is -1.80. The topological polar surface area (TPSA) is 101 Å². The molecule has 0 unspecified atom stereocenters. The predicted octanol–water partition coefficient (Wildman–Crippen LogP) is 2.66. The summed E-state index contributed by atoms with van der Waals surface area (Å²) in [6.07, 6.45) is 0.875. The smallest absolute Gasteiger partial charge is 0.306 e. The van der Waals surface area contributed by atoms with E-state index in [0.717, 1.165) is 11.8 Å². The summed E-state index contributed by atoms with van der Waals surface area (Å²) in [7, 11) is 0. The fraction of sp³-hybridized carbons (Fsp3) is 0.429. The second-order valence-electron chi connectivity index (χ2n) is 5.15. The molecule has 7 nitrogen and oxygen atoms in total. The maximum atomic E-state index is 12.2. The molecule has 2 rings (SSSR count). The van der Waals surface area contributed by atoms with E-state index in [4.69, 9.17) is 16.7 Å². The number of hydrogen-bond acceptors (Lipinski definition) is 5. The van der Waals surface area contributed by atoms with Gasteiger partial charge in [-0.15, -0.1) is 11.8 Å². The van der Waals surface area contributed by atoms with E-state index in [1.807, 2.05) is 0 Å². The Morgan fingerprint density at radius 2 is 2.04 bits per heavy atom. The summed E-state index contributed by atoms with van der Waals surface area (Å²) in [6, 6.07) is 4.32. The van der Waals surface area contributed by atoms with Crippen molar-refractivity contribution in [1.29, 1.82) is 0 Å². The van der Waals surface area contributed by atoms with E-state index in [-0.39, 0.29) is 22.4 Å². The minimum absolute atomic E-state index is 0.0697. The molecule has 1 fully saturated rings. The standard InChI is InChI=1S/C14H15ClN2O5S/c15-10-1-2-12(11(7-10)17(21)22)23-8-13(18)16-5-3-9(4-6-16)14(19)20/h1-2,7,9H,3-6,8H2,(H,19,20). The number of rotatable bonds is 5. The number of nitro benzene ring substituents is 1. The van der Waals surface area contributed by atoms with Gasteiger partial charge >= 0.3 is 5.97 Å². The average Bonchev–Trinajstić information content (AvgIpc) is 2.53. The molecular weight excluding hydrogens is 344 g/mol. The third kappa shape index (κ3) is 4.59. The van der Waals surface area contributed by atoms with Gasteiger partial charge in [-0.2, -0.15) is 0 Å². The number of likely N-dealkylation sites (tertiary alicyclic amines) is 1. The van der Waals surface area contributed by atoms with Crippen LogP contribution in [0.5, 0.6) is 0 Å². The van der Waals surface area contributed by atoms with Gasteiger partial charge in [-0.25, -0.2) is 0 Å². The maximum Gasteiger partial charge on any atom is 0.306 e. The van der Waals surface area contributed by atoms with Crippen molar-refractivity contribution in [2.75, 3.05) is 18.8 Å². The number of nitro groups is 1. The molecule has 1 aromatic carbocycles. The molecule has 23 heavy (non-hydrogen) atoms. The van der Waals surface area contributed by atoms with Crippen LogP contribution in [0.25, 0.3) is 0 Å². The van der Waals surface area contributed by atoms with Crippen LogP contribution >= 0.6 is 23.4 Å². The molecule has 1 saturated heterocycles. The van der Waals surface area contributed by atoms with Gasteiger partial charge in [-0.05, 0) is 25.0 Å². The van der Waals surface area contributed by atoms with E-state index in [0.29, 0.717) is 30.8 Å². The molecule has 0 spiro atoms. The normalized spacial score (nSPS) is 15.4. The van der Waals surface area contributed by atoms with Crippen molar-refractivity contribution < 1.29 is 19.6 Å². The van der Waals surface area contributed by atoms with Gasteiger partial charge in [0.15, 0.2) is 0 Å². The highest BCUT2D eigenvalue weighted by Gasteiger charge is 2.27. The molecule has 0 aliphatic carbocycles. The summed E-state index contributed by atoms with van der Waals surface area (Å²) in [4.78, 5) is 35.5. The first-order valence-electron chi connectivity index (χ1n) is 6.96. The summed E-state index contributed by atoms with van der Waals surface area (Å²) in [5.41, 5.74) is -0.125. The van der Waals surface area contributed by atoms with E-state index in [1.165, 1.54) is 12.1 Å². The van der Waals surface area contributed by atoms with Gasteiger partial charge in [0.05, 0.1) is 21.5 Å². The van der Waals surface area contributed by atoms with Crippen LogP contribution in [0.1, 0.15) is 12.8 Å². The average molecular weight is 359 g/mol. The fourth-order valence-corrected chi connectivity index (χ4v) is 3.44. The summed E-state index contributed by atoms with van der Waals surface area (Å²) in [5.74, 6) is -1.31. The van der Waals surface area contributed by atoms with Gasteiger partial charge in [0, 0.05) is 24.2 Å². The third-order valence-electron chi connectivity index (χ3n) is 3.67. The SMILES string of the molecule is O=C(O)C1CCN(C(=O)CSc2ccc(Cl)cc2[N+](=O)[O-])CC1. The molecule has 1 aromatic rings. The van der Waals surface area contributed by atoms with Crippen molar-refractivity contribution >= 4 is 40.9 Å². The van der Waals surface area contributed by atoms with Crippen molar-refractivity contribution in [1.82, 2.24) is 4.90 Å². The lowest BCUT2D eigenvalue weighted by Gasteiger charge is -2.30. The summed E-state index contributed by atoms with van der Waals surface area (Å²) >= 11 is 6.83. The van der Waals surface area contributed by atoms with Crippen molar-refractivity contribution in [3.63, 3.8) is 0 Å². The zero-order chi connectivity index (χ0) is 17.0. The van der Waals surface area contributed by atoms with Crippen LogP contribution in [-0.2, 0) is 9.59 Å². The number of carbonyl (C=O) groups is 2.